The van der Waals surface area contributed by atoms with Gasteiger partial charge < -0.3 is 14.8 Å². The third-order valence-corrected chi connectivity index (χ3v) is 6.29. The molecule has 2 aromatic heterocycles. The van der Waals surface area contributed by atoms with Crippen LogP contribution in [0.1, 0.15) is 42.8 Å². The fourth-order valence-corrected chi connectivity index (χ4v) is 4.64. The first-order chi connectivity index (χ1) is 16.3. The Labute approximate surface area is 203 Å². The van der Waals surface area contributed by atoms with Crippen LogP contribution in [0.2, 0.25) is 0 Å². The van der Waals surface area contributed by atoms with Gasteiger partial charge in [0.1, 0.15) is 17.5 Å². The van der Waals surface area contributed by atoms with Crippen molar-refractivity contribution in [3.05, 3.63) is 82.2 Å². The van der Waals surface area contributed by atoms with Gasteiger partial charge in [-0.2, -0.15) is 0 Å². The van der Waals surface area contributed by atoms with Gasteiger partial charge in [-0.05, 0) is 55.8 Å². The number of alkyl carbamates (subject to hydrolysis) is 1. The number of nitrogens with one attached hydrogen (secondary N) is 1. The molecular weight excluding hydrogens is 450 g/mol. The number of hydrogen-bond acceptors (Lipinski definition) is 6. The van der Waals surface area contributed by atoms with Crippen LogP contribution in [0.25, 0.3) is 0 Å². The lowest BCUT2D eigenvalue weighted by Gasteiger charge is -2.31. The molecule has 178 valence electrons. The topological polar surface area (TPSA) is 80.8 Å². The van der Waals surface area contributed by atoms with Crippen LogP contribution in [0.5, 0.6) is 0 Å². The first kappa shape index (κ1) is 23.9. The minimum atomic E-state index is -0.973. The highest BCUT2D eigenvalue weighted by Crippen LogP contribution is 2.31. The molecule has 34 heavy (non-hydrogen) atoms. The second kappa shape index (κ2) is 10.4. The van der Waals surface area contributed by atoms with E-state index in [4.69, 9.17) is 9.47 Å². The maximum atomic E-state index is 13.9. The predicted molar refractivity (Wildman–Crippen MR) is 132 cm³/mol. The number of benzene rings is 1. The van der Waals surface area contributed by atoms with Crippen LogP contribution < -0.4 is 10.2 Å². The first-order valence-electron chi connectivity index (χ1n) is 11.3. The Kier molecular flexibility index (Phi) is 7.29. The fourth-order valence-electron chi connectivity index (χ4n) is 3.84. The number of rotatable bonds is 7. The molecule has 2 atom stereocenters. The van der Waals surface area contributed by atoms with Crippen molar-refractivity contribution in [2.45, 2.75) is 51.5 Å². The number of ether oxygens (including phenoxy) is 2. The molecule has 0 fully saturated rings. The van der Waals surface area contributed by atoms with E-state index in [2.05, 4.69) is 10.3 Å². The fraction of sp³-hybridized carbons (Fsp3) is 0.346. The highest BCUT2D eigenvalue weighted by molar-refractivity contribution is 7.10. The average Bonchev–Trinajstić information content (AvgIpc) is 3.48. The number of aromatic nitrogens is 1. The standard InChI is InChI=1S/C26H29N3O4S/c1-26(2,3)33-25(31)28-21(20-12-8-16-34-20)22(32-17-18-9-5-4-6-10-18)24(30)29-15-13-19-11-7-14-27-23(19)29/h4-12,14,16,21-22H,13,15,17H2,1-3H3,(H,28,31)/t21-,22+/m0/s1. The van der Waals surface area contributed by atoms with Gasteiger partial charge in [-0.1, -0.05) is 42.5 Å². The van der Waals surface area contributed by atoms with E-state index in [0.717, 1.165) is 22.4 Å². The van der Waals surface area contributed by atoms with Crippen molar-refractivity contribution in [1.29, 1.82) is 0 Å². The second-order valence-electron chi connectivity index (χ2n) is 9.08. The molecule has 7 nitrogen and oxygen atoms in total. The smallest absolute Gasteiger partial charge is 0.408 e. The van der Waals surface area contributed by atoms with Gasteiger partial charge in [-0.15, -0.1) is 11.3 Å². The van der Waals surface area contributed by atoms with E-state index < -0.39 is 23.8 Å². The Morgan fingerprint density at radius 3 is 2.62 bits per heavy atom. The summed E-state index contributed by atoms with van der Waals surface area (Å²) in [6, 6.07) is 16.5. The molecule has 0 aliphatic carbocycles. The summed E-state index contributed by atoms with van der Waals surface area (Å²) in [6.45, 7) is 6.13. The third-order valence-electron chi connectivity index (χ3n) is 5.33. The van der Waals surface area contributed by atoms with Gasteiger partial charge in [-0.25, -0.2) is 9.78 Å². The average molecular weight is 480 g/mol. The van der Waals surface area contributed by atoms with Crippen molar-refractivity contribution >= 4 is 29.2 Å². The Hall–Kier alpha value is -3.23. The van der Waals surface area contributed by atoms with Crippen molar-refractivity contribution < 1.29 is 19.1 Å². The molecule has 4 rings (SSSR count). The highest BCUT2D eigenvalue weighted by atomic mass is 32.1. The summed E-state index contributed by atoms with van der Waals surface area (Å²) < 4.78 is 11.8. The van der Waals surface area contributed by atoms with Crippen molar-refractivity contribution in [2.75, 3.05) is 11.4 Å². The highest BCUT2D eigenvalue weighted by Gasteiger charge is 2.39. The number of carbonyl (C=O) groups is 2. The Morgan fingerprint density at radius 1 is 1.12 bits per heavy atom. The summed E-state index contributed by atoms with van der Waals surface area (Å²) in [5.74, 6) is 0.394. The molecule has 0 unspecified atom stereocenters. The number of hydrogen-bond donors (Lipinski definition) is 1. The van der Waals surface area contributed by atoms with Crippen LogP contribution in [-0.2, 0) is 27.3 Å². The maximum absolute atomic E-state index is 13.9. The Balaban J connectivity index is 1.65. The molecule has 0 bridgehead atoms. The predicted octanol–water partition coefficient (Wildman–Crippen LogP) is 4.88. The second-order valence-corrected chi connectivity index (χ2v) is 10.1. The zero-order valence-electron chi connectivity index (χ0n) is 19.6. The molecule has 0 radical (unpaired) electrons. The van der Waals surface area contributed by atoms with Crippen LogP contribution in [-0.4, -0.2) is 35.2 Å². The van der Waals surface area contributed by atoms with E-state index in [1.54, 1.807) is 31.9 Å². The molecule has 0 saturated carbocycles. The minimum absolute atomic E-state index is 0.220. The summed E-state index contributed by atoms with van der Waals surface area (Å²) in [7, 11) is 0. The zero-order valence-corrected chi connectivity index (χ0v) is 20.4. The van der Waals surface area contributed by atoms with Crippen molar-refractivity contribution in [1.82, 2.24) is 10.3 Å². The molecule has 1 N–H and O–H groups in total. The van der Waals surface area contributed by atoms with Crippen LogP contribution in [0.3, 0.4) is 0 Å². The Morgan fingerprint density at radius 2 is 1.91 bits per heavy atom. The van der Waals surface area contributed by atoms with Crippen molar-refractivity contribution in [3.8, 4) is 0 Å². The molecule has 8 heteroatoms. The summed E-state index contributed by atoms with van der Waals surface area (Å²) in [5.41, 5.74) is 1.28. The monoisotopic (exact) mass is 479 g/mol. The van der Waals surface area contributed by atoms with Gasteiger partial charge in [0.15, 0.2) is 6.10 Å². The van der Waals surface area contributed by atoms with Gasteiger partial charge in [0.25, 0.3) is 5.91 Å². The van der Waals surface area contributed by atoms with Crippen LogP contribution in [0.4, 0.5) is 10.6 Å². The zero-order chi connectivity index (χ0) is 24.1. The first-order valence-corrected chi connectivity index (χ1v) is 12.1. The summed E-state index contributed by atoms with van der Waals surface area (Å²) >= 11 is 1.45. The quantitative estimate of drug-likeness (QED) is 0.522. The number of amides is 2. The number of thiophene rings is 1. The van der Waals surface area contributed by atoms with Crippen molar-refractivity contribution in [3.63, 3.8) is 0 Å². The van der Waals surface area contributed by atoms with Gasteiger partial charge in [0.2, 0.25) is 0 Å². The van der Waals surface area contributed by atoms with Gasteiger partial charge >= 0.3 is 6.09 Å². The normalized spacial score (nSPS) is 14.9. The number of anilines is 1. The lowest BCUT2D eigenvalue weighted by molar-refractivity contribution is -0.133. The molecule has 1 aliphatic heterocycles. The molecule has 3 heterocycles. The number of nitrogens with zero attached hydrogens (tertiary/aromatic N) is 2. The molecule has 1 aliphatic rings. The summed E-state index contributed by atoms with van der Waals surface area (Å²) in [4.78, 5) is 33.6. The number of carbonyl (C=O) groups excluding carboxylic acids is 2. The van der Waals surface area contributed by atoms with Crippen LogP contribution >= 0.6 is 11.3 Å². The van der Waals surface area contributed by atoms with Crippen molar-refractivity contribution in [2.24, 2.45) is 0 Å². The van der Waals surface area contributed by atoms with E-state index in [9.17, 15) is 9.59 Å². The third kappa shape index (κ3) is 5.81. The van der Waals surface area contributed by atoms with E-state index in [1.165, 1.54) is 11.3 Å². The van der Waals surface area contributed by atoms with Crippen LogP contribution in [0.15, 0.2) is 66.2 Å². The summed E-state index contributed by atoms with van der Waals surface area (Å²) in [6.07, 6.45) is 0.829. The maximum Gasteiger partial charge on any atom is 0.408 e. The SMILES string of the molecule is CC(C)(C)OC(=O)N[C@@H](c1cccs1)[C@@H](OCc1ccccc1)C(=O)N1CCc2cccnc21. The van der Waals surface area contributed by atoms with E-state index in [-0.39, 0.29) is 12.5 Å². The van der Waals surface area contributed by atoms with E-state index in [1.807, 2.05) is 60.0 Å². The van der Waals surface area contributed by atoms with Gasteiger partial charge in [0.05, 0.1) is 6.61 Å². The lowest BCUT2D eigenvalue weighted by atomic mass is 10.1. The van der Waals surface area contributed by atoms with E-state index in [0.29, 0.717) is 12.4 Å². The van der Waals surface area contributed by atoms with Gasteiger partial charge in [0, 0.05) is 17.6 Å². The Bertz CT molecular complexity index is 1110. The van der Waals surface area contributed by atoms with E-state index >= 15 is 0 Å². The molecular formula is C26H29N3O4S. The number of fused-ring (bicyclic) bond motifs is 1. The molecule has 0 saturated heterocycles. The minimum Gasteiger partial charge on any atom is -0.444 e. The molecule has 3 aromatic rings. The van der Waals surface area contributed by atoms with Gasteiger partial charge in [-0.3, -0.25) is 9.69 Å². The van der Waals surface area contributed by atoms with Crippen LogP contribution in [0, 0.1) is 0 Å². The largest absolute Gasteiger partial charge is 0.444 e. The lowest BCUT2D eigenvalue weighted by Crippen LogP contribution is -2.48. The molecule has 1 aromatic carbocycles. The number of pyridine rings is 1. The molecule has 0 spiro atoms. The summed E-state index contributed by atoms with van der Waals surface area (Å²) in [5, 5.41) is 4.80. The molecule has 2 amide bonds.